The van der Waals surface area contributed by atoms with E-state index in [-0.39, 0.29) is 10.9 Å². The minimum atomic E-state index is -0.0806. The summed E-state index contributed by atoms with van der Waals surface area (Å²) in [5.74, 6) is 0. The Morgan fingerprint density at radius 3 is 2.05 bits per heavy atom. The minimum Gasteiger partial charge on any atom is -0.0961 e. The van der Waals surface area contributed by atoms with E-state index in [4.69, 9.17) is 0 Å². The molecule has 1 heteroatoms. The van der Waals surface area contributed by atoms with Crippen molar-refractivity contribution in [2.45, 2.75) is 30.6 Å². The summed E-state index contributed by atoms with van der Waals surface area (Å²) in [4.78, 5) is 4.00. The van der Waals surface area contributed by atoms with E-state index in [1.165, 1.54) is 20.3 Å². The lowest BCUT2D eigenvalue weighted by Crippen LogP contribution is -2.05. The molecule has 0 amide bonds. The molecule has 0 saturated carbocycles. The molecule has 2 aromatic carbocycles. The molecule has 0 aliphatic rings. The first kappa shape index (κ1) is 16.4. The van der Waals surface area contributed by atoms with E-state index in [1.54, 1.807) is 0 Å². The summed E-state index contributed by atoms with van der Waals surface area (Å²) in [6, 6.07) is 19.6. The van der Waals surface area contributed by atoms with Crippen molar-refractivity contribution in [2.75, 3.05) is 0 Å². The largest absolute Gasteiger partial charge is 0.166 e. The van der Waals surface area contributed by atoms with Gasteiger partial charge in [0.1, 0.15) is 0 Å². The van der Waals surface area contributed by atoms with E-state index < -0.39 is 0 Å². The highest BCUT2D eigenvalue weighted by Crippen LogP contribution is 2.31. The van der Waals surface area contributed by atoms with Gasteiger partial charge < -0.3 is 0 Å². The van der Waals surface area contributed by atoms with Gasteiger partial charge in [-0.2, -0.15) is 0 Å². The number of allylic oxidation sites excluding steroid dienone is 4. The third-order valence-electron chi connectivity index (χ3n) is 3.29. The Morgan fingerprint density at radius 1 is 0.909 bits per heavy atom. The van der Waals surface area contributed by atoms with E-state index in [2.05, 4.69) is 93.3 Å². The molecule has 1 unspecified atom stereocenters. The maximum Gasteiger partial charge on any atom is 0.166 e. The normalized spacial score (nSPS) is 13.3. The topological polar surface area (TPSA) is 0 Å². The first-order valence-electron chi connectivity index (χ1n) is 7.47. The van der Waals surface area contributed by atoms with E-state index in [1.807, 2.05) is 6.92 Å². The quantitative estimate of drug-likeness (QED) is 0.465. The van der Waals surface area contributed by atoms with Crippen molar-refractivity contribution in [3.05, 3.63) is 95.4 Å². The molecule has 2 aromatic rings. The SMILES string of the molecule is C=C(C)/C=C\C(=C/C)[S+](c1ccccc1)c1ccc(C)cc1. The van der Waals surface area contributed by atoms with Gasteiger partial charge in [-0.1, -0.05) is 54.1 Å². The second-order valence-corrected chi connectivity index (χ2v) is 7.33. The van der Waals surface area contributed by atoms with Crippen LogP contribution in [-0.4, -0.2) is 0 Å². The zero-order valence-corrected chi connectivity index (χ0v) is 14.4. The van der Waals surface area contributed by atoms with Gasteiger partial charge in [-0.05, 0) is 57.2 Å². The molecule has 0 aliphatic carbocycles. The number of hydrogen-bond donors (Lipinski definition) is 0. The van der Waals surface area contributed by atoms with Crippen molar-refractivity contribution < 1.29 is 0 Å². The van der Waals surface area contributed by atoms with Crippen LogP contribution in [0.3, 0.4) is 0 Å². The molecule has 1 atom stereocenters. The van der Waals surface area contributed by atoms with Crippen molar-refractivity contribution in [3.8, 4) is 0 Å². The fraction of sp³-hybridized carbons (Fsp3) is 0.143. The van der Waals surface area contributed by atoms with Gasteiger partial charge in [-0.25, -0.2) is 0 Å². The molecular weight excluding hydrogens is 284 g/mol. The molecule has 112 valence electrons. The molecular formula is C21H23S+. The molecule has 0 nitrogen and oxygen atoms in total. The molecule has 0 bridgehead atoms. The highest BCUT2D eigenvalue weighted by molar-refractivity contribution is 8.00. The van der Waals surface area contributed by atoms with Gasteiger partial charge >= 0.3 is 0 Å². The second kappa shape index (κ2) is 7.86. The maximum absolute atomic E-state index is 3.97. The minimum absolute atomic E-state index is 0.0806. The number of hydrogen-bond acceptors (Lipinski definition) is 0. The van der Waals surface area contributed by atoms with Crippen molar-refractivity contribution in [1.29, 1.82) is 0 Å². The molecule has 0 saturated heterocycles. The number of benzene rings is 2. The monoisotopic (exact) mass is 307 g/mol. The van der Waals surface area contributed by atoms with Crippen LogP contribution in [0.2, 0.25) is 0 Å². The number of rotatable bonds is 5. The standard InChI is InChI=1S/C21H23S/c1-5-19(14-11-17(2)3)22(20-9-7-6-8-10-20)21-15-12-18(4)13-16-21/h5-16H,2H2,1,3-4H3/q+1/b14-11-,19-5+. The summed E-state index contributed by atoms with van der Waals surface area (Å²) in [5.41, 5.74) is 2.36. The van der Waals surface area contributed by atoms with Gasteiger partial charge in [0.2, 0.25) is 0 Å². The summed E-state index contributed by atoms with van der Waals surface area (Å²) in [6.07, 6.45) is 6.49. The van der Waals surface area contributed by atoms with Crippen LogP contribution < -0.4 is 0 Å². The Labute approximate surface area is 137 Å². The molecule has 0 aliphatic heterocycles. The Bertz CT molecular complexity index is 676. The first-order valence-corrected chi connectivity index (χ1v) is 8.70. The third kappa shape index (κ3) is 4.25. The van der Waals surface area contributed by atoms with Crippen molar-refractivity contribution in [1.82, 2.24) is 0 Å². The van der Waals surface area contributed by atoms with Crippen LogP contribution in [0.15, 0.2) is 99.7 Å². The van der Waals surface area contributed by atoms with E-state index in [0.717, 1.165) is 5.57 Å². The van der Waals surface area contributed by atoms with Crippen LogP contribution in [-0.2, 0) is 10.9 Å². The van der Waals surface area contributed by atoms with Crippen LogP contribution in [0, 0.1) is 6.92 Å². The molecule has 0 aromatic heterocycles. The zero-order valence-electron chi connectivity index (χ0n) is 13.5. The predicted molar refractivity (Wildman–Crippen MR) is 99.2 cm³/mol. The fourth-order valence-electron chi connectivity index (χ4n) is 2.15. The summed E-state index contributed by atoms with van der Waals surface area (Å²) in [5, 5.41) is 0. The molecule has 0 radical (unpaired) electrons. The summed E-state index contributed by atoms with van der Waals surface area (Å²) in [6.45, 7) is 10.2. The Morgan fingerprint density at radius 2 is 1.50 bits per heavy atom. The average molecular weight is 307 g/mol. The van der Waals surface area contributed by atoms with Gasteiger partial charge in [0.15, 0.2) is 14.7 Å². The fourth-order valence-corrected chi connectivity index (χ4v) is 4.24. The zero-order chi connectivity index (χ0) is 15.9. The highest BCUT2D eigenvalue weighted by atomic mass is 32.2. The predicted octanol–water partition coefficient (Wildman–Crippen LogP) is 6.07. The Hall–Kier alpha value is -1.99. The molecule has 2 rings (SSSR count). The highest BCUT2D eigenvalue weighted by Gasteiger charge is 2.28. The van der Waals surface area contributed by atoms with Gasteiger partial charge in [0, 0.05) is 0 Å². The van der Waals surface area contributed by atoms with Crippen molar-refractivity contribution in [2.24, 2.45) is 0 Å². The van der Waals surface area contributed by atoms with E-state index in [0.29, 0.717) is 0 Å². The lowest BCUT2D eigenvalue weighted by Gasteiger charge is -2.09. The Kier molecular flexibility index (Phi) is 5.85. The van der Waals surface area contributed by atoms with Crippen LogP contribution in [0.5, 0.6) is 0 Å². The molecule has 0 heterocycles. The van der Waals surface area contributed by atoms with Gasteiger partial charge in [0.05, 0.1) is 10.9 Å². The van der Waals surface area contributed by atoms with Crippen LogP contribution in [0.25, 0.3) is 0 Å². The van der Waals surface area contributed by atoms with Crippen LogP contribution in [0.1, 0.15) is 19.4 Å². The molecule has 22 heavy (non-hydrogen) atoms. The van der Waals surface area contributed by atoms with Crippen molar-refractivity contribution in [3.63, 3.8) is 0 Å². The van der Waals surface area contributed by atoms with Crippen LogP contribution >= 0.6 is 0 Å². The smallest absolute Gasteiger partial charge is 0.0961 e. The maximum atomic E-state index is 3.97. The van der Waals surface area contributed by atoms with Gasteiger partial charge in [-0.15, -0.1) is 0 Å². The lowest BCUT2D eigenvalue weighted by atomic mass is 10.2. The summed E-state index contributed by atoms with van der Waals surface area (Å²) >= 11 is 0. The Balaban J connectivity index is 2.50. The van der Waals surface area contributed by atoms with Gasteiger partial charge in [0.25, 0.3) is 0 Å². The summed E-state index contributed by atoms with van der Waals surface area (Å²) < 4.78 is 0. The van der Waals surface area contributed by atoms with Crippen LogP contribution in [0.4, 0.5) is 0 Å². The van der Waals surface area contributed by atoms with E-state index in [9.17, 15) is 0 Å². The summed E-state index contributed by atoms with van der Waals surface area (Å²) in [7, 11) is -0.0806. The van der Waals surface area contributed by atoms with Gasteiger partial charge in [-0.3, -0.25) is 0 Å². The van der Waals surface area contributed by atoms with Crippen molar-refractivity contribution >= 4 is 10.9 Å². The molecule has 0 N–H and O–H groups in total. The number of aryl methyl sites for hydroxylation is 1. The second-order valence-electron chi connectivity index (χ2n) is 5.30. The lowest BCUT2D eigenvalue weighted by molar-refractivity contribution is 1.34. The average Bonchev–Trinajstić information content (AvgIpc) is 2.53. The first-order chi connectivity index (χ1) is 10.6. The third-order valence-corrected chi connectivity index (χ3v) is 5.62. The molecule has 0 fully saturated rings. The molecule has 0 spiro atoms. The van der Waals surface area contributed by atoms with E-state index >= 15 is 0 Å².